The van der Waals surface area contributed by atoms with E-state index in [-0.39, 0.29) is 28.8 Å². The van der Waals surface area contributed by atoms with Crippen LogP contribution in [0, 0.1) is 11.7 Å². The fourth-order valence-electron chi connectivity index (χ4n) is 2.49. The van der Waals surface area contributed by atoms with Crippen LogP contribution in [0.3, 0.4) is 0 Å². The van der Waals surface area contributed by atoms with Crippen molar-refractivity contribution >= 4 is 17.5 Å². The molecular weight excluding hydrogens is 293 g/mol. The van der Waals surface area contributed by atoms with Crippen molar-refractivity contribution in [1.29, 1.82) is 0 Å². The van der Waals surface area contributed by atoms with Crippen LogP contribution >= 0.6 is 11.6 Å². The van der Waals surface area contributed by atoms with Gasteiger partial charge in [0.05, 0.1) is 17.3 Å². The number of halogens is 2. The fourth-order valence-corrected chi connectivity index (χ4v) is 2.68. The van der Waals surface area contributed by atoms with Crippen LogP contribution < -0.4 is 5.32 Å². The molecular formula is C16H15ClFNO2. The van der Waals surface area contributed by atoms with Crippen molar-refractivity contribution in [3.8, 4) is 0 Å². The summed E-state index contributed by atoms with van der Waals surface area (Å²) in [6.07, 6.45) is 2.42. The van der Waals surface area contributed by atoms with Crippen molar-refractivity contribution in [2.45, 2.75) is 25.3 Å². The number of furan rings is 1. The summed E-state index contributed by atoms with van der Waals surface area (Å²) in [5, 5.41) is 3.00. The first-order chi connectivity index (χ1) is 10.1. The summed E-state index contributed by atoms with van der Waals surface area (Å²) in [7, 11) is 0. The third kappa shape index (κ3) is 2.95. The van der Waals surface area contributed by atoms with Crippen LogP contribution in [0.2, 0.25) is 5.02 Å². The van der Waals surface area contributed by atoms with Gasteiger partial charge in [0.25, 0.3) is 0 Å². The molecule has 1 amide bonds. The Kier molecular flexibility index (Phi) is 3.72. The van der Waals surface area contributed by atoms with Gasteiger partial charge in [-0.05, 0) is 43.2 Å². The van der Waals surface area contributed by atoms with E-state index in [1.165, 1.54) is 6.07 Å². The lowest BCUT2D eigenvalue weighted by Gasteiger charge is -2.14. The molecule has 0 aliphatic heterocycles. The molecule has 3 rings (SSSR count). The third-order valence-electron chi connectivity index (χ3n) is 3.84. The van der Waals surface area contributed by atoms with E-state index < -0.39 is 5.82 Å². The van der Waals surface area contributed by atoms with Crippen molar-refractivity contribution < 1.29 is 13.6 Å². The molecule has 1 aromatic heterocycles. The lowest BCUT2D eigenvalue weighted by atomic mass is 10.1. The summed E-state index contributed by atoms with van der Waals surface area (Å²) in [5.74, 6) is 0.509. The smallest absolute Gasteiger partial charge is 0.224 e. The van der Waals surface area contributed by atoms with Crippen molar-refractivity contribution in [3.63, 3.8) is 0 Å². The zero-order chi connectivity index (χ0) is 15.0. The molecule has 1 heterocycles. The van der Waals surface area contributed by atoms with E-state index in [0.717, 1.165) is 17.7 Å². The Hall–Kier alpha value is -1.81. The topological polar surface area (TPSA) is 42.2 Å². The molecule has 0 radical (unpaired) electrons. The Morgan fingerprint density at radius 1 is 1.48 bits per heavy atom. The summed E-state index contributed by atoms with van der Waals surface area (Å²) >= 11 is 5.76. The maximum Gasteiger partial charge on any atom is 0.224 e. The number of hydrogen-bond acceptors (Lipinski definition) is 2. The molecule has 2 aromatic rings. The average Bonchev–Trinajstić information content (AvgIpc) is 3.08. The highest BCUT2D eigenvalue weighted by Gasteiger charge is 2.46. The second kappa shape index (κ2) is 5.53. The number of benzene rings is 1. The normalized spacial score (nSPS) is 21.9. The molecule has 0 bridgehead atoms. The van der Waals surface area contributed by atoms with Crippen LogP contribution in [0.5, 0.6) is 0 Å². The molecule has 21 heavy (non-hydrogen) atoms. The highest BCUT2D eigenvalue weighted by molar-refractivity contribution is 6.30. The van der Waals surface area contributed by atoms with E-state index in [0.29, 0.717) is 0 Å². The molecule has 3 atom stereocenters. The van der Waals surface area contributed by atoms with Gasteiger partial charge in [0.1, 0.15) is 11.6 Å². The van der Waals surface area contributed by atoms with E-state index in [2.05, 4.69) is 5.32 Å². The van der Waals surface area contributed by atoms with Crippen molar-refractivity contribution in [2.24, 2.45) is 5.92 Å². The number of carbonyl (C=O) groups excluding carboxylic acids is 1. The predicted octanol–water partition coefficient (Wildman–Crippen LogP) is 4.05. The Labute approximate surface area is 127 Å². The minimum atomic E-state index is -0.459. The van der Waals surface area contributed by atoms with Crippen LogP contribution in [0.25, 0.3) is 0 Å². The zero-order valence-corrected chi connectivity index (χ0v) is 12.2. The molecule has 1 saturated carbocycles. The monoisotopic (exact) mass is 307 g/mol. The average molecular weight is 308 g/mol. The van der Waals surface area contributed by atoms with Gasteiger partial charge < -0.3 is 9.73 Å². The van der Waals surface area contributed by atoms with E-state index in [4.69, 9.17) is 16.0 Å². The van der Waals surface area contributed by atoms with E-state index in [1.54, 1.807) is 18.4 Å². The molecule has 3 nitrogen and oxygen atoms in total. The lowest BCUT2D eigenvalue weighted by Crippen LogP contribution is -2.28. The second-order valence-electron chi connectivity index (χ2n) is 5.37. The molecule has 1 N–H and O–H groups in total. The van der Waals surface area contributed by atoms with Crippen LogP contribution in [0.15, 0.2) is 41.0 Å². The quantitative estimate of drug-likeness (QED) is 0.925. The summed E-state index contributed by atoms with van der Waals surface area (Å²) in [4.78, 5) is 12.2. The van der Waals surface area contributed by atoms with Crippen LogP contribution in [0.1, 0.15) is 36.6 Å². The van der Waals surface area contributed by atoms with Gasteiger partial charge in [-0.2, -0.15) is 0 Å². The van der Waals surface area contributed by atoms with E-state index in [9.17, 15) is 9.18 Å². The van der Waals surface area contributed by atoms with Gasteiger partial charge in [-0.3, -0.25) is 4.79 Å². The highest BCUT2D eigenvalue weighted by Crippen LogP contribution is 2.47. The Morgan fingerprint density at radius 2 is 2.29 bits per heavy atom. The first-order valence-electron chi connectivity index (χ1n) is 6.85. The largest absolute Gasteiger partial charge is 0.469 e. The molecule has 0 spiro atoms. The zero-order valence-electron chi connectivity index (χ0n) is 11.5. The number of hydrogen-bond donors (Lipinski definition) is 1. The maximum atomic E-state index is 13.1. The van der Waals surface area contributed by atoms with Crippen LogP contribution in [-0.2, 0) is 4.79 Å². The molecule has 3 unspecified atom stereocenters. The SMILES string of the molecule is CC(NC(=O)C1CC1c1ccco1)c1ccc(F)c(Cl)c1. The number of rotatable bonds is 4. The predicted molar refractivity (Wildman–Crippen MR) is 77.5 cm³/mol. The number of amides is 1. The van der Waals surface area contributed by atoms with Crippen LogP contribution in [0.4, 0.5) is 4.39 Å². The Balaban J connectivity index is 1.61. The summed E-state index contributed by atoms with van der Waals surface area (Å²) in [6.45, 7) is 1.85. The van der Waals surface area contributed by atoms with Gasteiger partial charge >= 0.3 is 0 Å². The molecule has 1 aliphatic rings. The molecule has 0 saturated heterocycles. The van der Waals surface area contributed by atoms with Gasteiger partial charge in [-0.1, -0.05) is 17.7 Å². The second-order valence-corrected chi connectivity index (χ2v) is 5.78. The minimum absolute atomic E-state index is 0.00986. The van der Waals surface area contributed by atoms with Gasteiger partial charge in [-0.15, -0.1) is 0 Å². The van der Waals surface area contributed by atoms with Gasteiger partial charge in [-0.25, -0.2) is 4.39 Å². The van der Waals surface area contributed by atoms with E-state index in [1.807, 2.05) is 19.1 Å². The third-order valence-corrected chi connectivity index (χ3v) is 4.13. The molecule has 1 fully saturated rings. The maximum absolute atomic E-state index is 13.1. The molecule has 1 aliphatic carbocycles. The summed E-state index contributed by atoms with van der Waals surface area (Å²) in [6, 6.07) is 7.98. The Bertz CT molecular complexity index is 656. The summed E-state index contributed by atoms with van der Waals surface area (Å²) < 4.78 is 18.5. The summed E-state index contributed by atoms with van der Waals surface area (Å²) in [5.41, 5.74) is 0.782. The molecule has 1 aromatic carbocycles. The van der Waals surface area contributed by atoms with Crippen molar-refractivity contribution in [1.82, 2.24) is 5.32 Å². The highest BCUT2D eigenvalue weighted by atomic mass is 35.5. The van der Waals surface area contributed by atoms with Crippen LogP contribution in [-0.4, -0.2) is 5.91 Å². The van der Waals surface area contributed by atoms with Gasteiger partial charge in [0, 0.05) is 11.8 Å². The molecule has 5 heteroatoms. The number of nitrogens with one attached hydrogen (secondary N) is 1. The first-order valence-corrected chi connectivity index (χ1v) is 7.23. The van der Waals surface area contributed by atoms with Crippen molar-refractivity contribution in [2.75, 3.05) is 0 Å². The first kappa shape index (κ1) is 14.1. The van der Waals surface area contributed by atoms with Crippen molar-refractivity contribution in [3.05, 3.63) is 58.8 Å². The fraction of sp³-hybridized carbons (Fsp3) is 0.312. The van der Waals surface area contributed by atoms with Gasteiger partial charge in [0.15, 0.2) is 0 Å². The van der Waals surface area contributed by atoms with E-state index >= 15 is 0 Å². The lowest BCUT2D eigenvalue weighted by molar-refractivity contribution is -0.123. The molecule has 110 valence electrons. The van der Waals surface area contributed by atoms with Gasteiger partial charge in [0.2, 0.25) is 5.91 Å². The number of carbonyl (C=O) groups is 1. The minimum Gasteiger partial charge on any atom is -0.469 e. The Morgan fingerprint density at radius 3 is 2.95 bits per heavy atom. The standard InChI is InChI=1S/C16H15ClFNO2/c1-9(10-4-5-14(18)13(17)7-10)19-16(20)12-8-11(12)15-3-2-6-21-15/h2-7,9,11-12H,8H2,1H3,(H,19,20).